The van der Waals surface area contributed by atoms with Crippen molar-refractivity contribution < 1.29 is 9.15 Å². The molecule has 1 heterocycles. The summed E-state index contributed by atoms with van der Waals surface area (Å²) in [7, 11) is 1.68. The Morgan fingerprint density at radius 3 is 2.82 bits per heavy atom. The summed E-state index contributed by atoms with van der Waals surface area (Å²) in [6.07, 6.45) is 5.32. The molecule has 3 heteroatoms. The van der Waals surface area contributed by atoms with Gasteiger partial charge in [-0.3, -0.25) is 0 Å². The third-order valence-corrected chi connectivity index (χ3v) is 4.05. The van der Waals surface area contributed by atoms with Gasteiger partial charge in [-0.1, -0.05) is 6.42 Å². The van der Waals surface area contributed by atoms with E-state index < -0.39 is 0 Å². The molecule has 2 aromatic rings. The van der Waals surface area contributed by atoms with E-state index in [0.29, 0.717) is 6.54 Å². The van der Waals surface area contributed by atoms with Crippen LogP contribution in [0.15, 0.2) is 28.9 Å². The van der Waals surface area contributed by atoms with Crippen molar-refractivity contribution in [3.8, 4) is 5.75 Å². The molecule has 0 amide bonds. The summed E-state index contributed by atoms with van der Waals surface area (Å²) in [6.45, 7) is 0.708. The lowest BCUT2D eigenvalue weighted by Crippen LogP contribution is -2.41. The normalized spacial score (nSPS) is 18.0. The molecular weight excluding hydrogens is 214 g/mol. The predicted molar refractivity (Wildman–Crippen MR) is 67.3 cm³/mol. The summed E-state index contributed by atoms with van der Waals surface area (Å²) in [5.74, 6) is 0.808. The van der Waals surface area contributed by atoms with E-state index in [1.165, 1.54) is 24.8 Å². The maximum absolute atomic E-state index is 5.95. The van der Waals surface area contributed by atoms with Gasteiger partial charge in [0, 0.05) is 17.3 Å². The van der Waals surface area contributed by atoms with Crippen LogP contribution in [0.1, 0.15) is 24.8 Å². The minimum Gasteiger partial charge on any atom is -0.493 e. The standard InChI is InChI=1S/C14H17NO2/c1-16-12-8-11(14(9-15)4-2-5-14)7-10-3-6-17-13(10)12/h3,6-8H,2,4-5,9,15H2,1H3. The second-order valence-electron chi connectivity index (χ2n) is 4.86. The monoisotopic (exact) mass is 231 g/mol. The number of furan rings is 1. The lowest BCUT2D eigenvalue weighted by Gasteiger charge is -2.41. The van der Waals surface area contributed by atoms with Crippen LogP contribution in [0.2, 0.25) is 0 Å². The highest BCUT2D eigenvalue weighted by atomic mass is 16.5. The van der Waals surface area contributed by atoms with Gasteiger partial charge >= 0.3 is 0 Å². The molecule has 1 saturated carbocycles. The number of fused-ring (bicyclic) bond motifs is 1. The van der Waals surface area contributed by atoms with Crippen molar-refractivity contribution >= 4 is 11.0 Å². The molecule has 0 atom stereocenters. The van der Waals surface area contributed by atoms with Crippen LogP contribution in [0.25, 0.3) is 11.0 Å². The average molecular weight is 231 g/mol. The fourth-order valence-electron chi connectivity index (χ4n) is 2.72. The Labute approximate surface area is 101 Å². The first-order chi connectivity index (χ1) is 8.29. The Morgan fingerprint density at radius 2 is 2.24 bits per heavy atom. The quantitative estimate of drug-likeness (QED) is 0.883. The van der Waals surface area contributed by atoms with E-state index in [2.05, 4.69) is 12.1 Å². The number of ether oxygens (including phenoxy) is 1. The van der Waals surface area contributed by atoms with Gasteiger partial charge in [-0.15, -0.1) is 0 Å². The van der Waals surface area contributed by atoms with E-state index >= 15 is 0 Å². The lowest BCUT2D eigenvalue weighted by atomic mass is 9.64. The number of hydrogen-bond donors (Lipinski definition) is 1. The second-order valence-corrected chi connectivity index (χ2v) is 4.86. The largest absolute Gasteiger partial charge is 0.493 e. The van der Waals surface area contributed by atoms with Crippen LogP contribution in [0, 0.1) is 0 Å². The van der Waals surface area contributed by atoms with Crippen LogP contribution in [-0.4, -0.2) is 13.7 Å². The highest BCUT2D eigenvalue weighted by molar-refractivity contribution is 5.84. The fraction of sp³-hybridized carbons (Fsp3) is 0.429. The van der Waals surface area contributed by atoms with E-state index in [4.69, 9.17) is 14.9 Å². The molecule has 0 radical (unpaired) electrons. The summed E-state index contributed by atoms with van der Waals surface area (Å²) in [5.41, 5.74) is 8.22. The SMILES string of the molecule is COc1cc(C2(CN)CCC2)cc2ccoc12. The summed E-state index contributed by atoms with van der Waals surface area (Å²) < 4.78 is 10.8. The number of benzene rings is 1. The van der Waals surface area contributed by atoms with Crippen LogP contribution in [0.3, 0.4) is 0 Å². The van der Waals surface area contributed by atoms with E-state index in [1.54, 1.807) is 13.4 Å². The Morgan fingerprint density at radius 1 is 1.41 bits per heavy atom. The fourth-order valence-corrected chi connectivity index (χ4v) is 2.72. The highest BCUT2D eigenvalue weighted by Crippen LogP contribution is 2.45. The molecular formula is C14H17NO2. The number of nitrogens with two attached hydrogens (primary N) is 1. The summed E-state index contributed by atoms with van der Waals surface area (Å²) in [4.78, 5) is 0. The van der Waals surface area contributed by atoms with E-state index in [1.807, 2.05) is 6.07 Å². The molecule has 0 unspecified atom stereocenters. The van der Waals surface area contributed by atoms with Crippen LogP contribution < -0.4 is 10.5 Å². The Bertz CT molecular complexity index is 535. The highest BCUT2D eigenvalue weighted by Gasteiger charge is 2.37. The zero-order valence-corrected chi connectivity index (χ0v) is 10.0. The number of rotatable bonds is 3. The van der Waals surface area contributed by atoms with Gasteiger partial charge in [-0.2, -0.15) is 0 Å². The maximum atomic E-state index is 5.95. The third kappa shape index (κ3) is 1.46. The van der Waals surface area contributed by atoms with Crippen LogP contribution >= 0.6 is 0 Å². The average Bonchev–Trinajstić information content (AvgIpc) is 2.75. The Kier molecular flexibility index (Phi) is 2.37. The Hall–Kier alpha value is -1.48. The molecule has 0 aliphatic heterocycles. The van der Waals surface area contributed by atoms with Gasteiger partial charge < -0.3 is 14.9 Å². The van der Waals surface area contributed by atoms with Crippen molar-refractivity contribution in [2.24, 2.45) is 5.73 Å². The minimum absolute atomic E-state index is 0.165. The molecule has 0 bridgehead atoms. The zero-order valence-electron chi connectivity index (χ0n) is 10.0. The third-order valence-electron chi connectivity index (χ3n) is 4.05. The van der Waals surface area contributed by atoms with Crippen molar-refractivity contribution in [2.75, 3.05) is 13.7 Å². The van der Waals surface area contributed by atoms with Crippen LogP contribution in [0.4, 0.5) is 0 Å². The molecule has 90 valence electrons. The summed E-state index contributed by atoms with van der Waals surface area (Å²) >= 11 is 0. The molecule has 1 aromatic heterocycles. The molecule has 1 aromatic carbocycles. The van der Waals surface area contributed by atoms with Crippen molar-refractivity contribution in [2.45, 2.75) is 24.7 Å². The molecule has 17 heavy (non-hydrogen) atoms. The first kappa shape index (κ1) is 10.7. The van der Waals surface area contributed by atoms with Gasteiger partial charge in [0.25, 0.3) is 0 Å². The van der Waals surface area contributed by atoms with Crippen LogP contribution in [0.5, 0.6) is 5.75 Å². The van der Waals surface area contributed by atoms with Crippen molar-refractivity contribution in [1.29, 1.82) is 0 Å². The van der Waals surface area contributed by atoms with Gasteiger partial charge in [0.1, 0.15) is 0 Å². The molecule has 3 rings (SSSR count). The summed E-state index contributed by atoms with van der Waals surface area (Å²) in [6, 6.07) is 6.25. The molecule has 3 nitrogen and oxygen atoms in total. The first-order valence-corrected chi connectivity index (χ1v) is 6.05. The van der Waals surface area contributed by atoms with Crippen molar-refractivity contribution in [1.82, 2.24) is 0 Å². The van der Waals surface area contributed by atoms with Gasteiger partial charge in [0.15, 0.2) is 11.3 Å². The predicted octanol–water partition coefficient (Wildman–Crippen LogP) is 2.82. The van der Waals surface area contributed by atoms with E-state index in [0.717, 1.165) is 16.7 Å². The second kappa shape index (κ2) is 3.77. The molecule has 1 aliphatic rings. The van der Waals surface area contributed by atoms with Gasteiger partial charge in [0.05, 0.1) is 13.4 Å². The van der Waals surface area contributed by atoms with E-state index in [9.17, 15) is 0 Å². The van der Waals surface area contributed by atoms with Crippen molar-refractivity contribution in [3.63, 3.8) is 0 Å². The van der Waals surface area contributed by atoms with Crippen LogP contribution in [-0.2, 0) is 5.41 Å². The number of hydrogen-bond acceptors (Lipinski definition) is 3. The molecule has 2 N–H and O–H groups in total. The van der Waals surface area contributed by atoms with E-state index in [-0.39, 0.29) is 5.41 Å². The van der Waals surface area contributed by atoms with Gasteiger partial charge in [0.2, 0.25) is 0 Å². The van der Waals surface area contributed by atoms with Crippen molar-refractivity contribution in [3.05, 3.63) is 30.0 Å². The lowest BCUT2D eigenvalue weighted by molar-refractivity contribution is 0.252. The first-order valence-electron chi connectivity index (χ1n) is 6.05. The smallest absolute Gasteiger partial charge is 0.175 e. The van der Waals surface area contributed by atoms with Gasteiger partial charge in [-0.25, -0.2) is 0 Å². The molecule has 0 spiro atoms. The molecule has 1 fully saturated rings. The topological polar surface area (TPSA) is 48.4 Å². The Balaban J connectivity index is 2.16. The molecule has 0 saturated heterocycles. The van der Waals surface area contributed by atoms with Gasteiger partial charge in [-0.05, 0) is 36.6 Å². The molecule has 1 aliphatic carbocycles. The maximum Gasteiger partial charge on any atom is 0.175 e. The summed E-state index contributed by atoms with van der Waals surface area (Å²) in [5, 5.41) is 1.10. The number of methoxy groups -OCH3 is 1. The zero-order chi connectivity index (χ0) is 11.9. The minimum atomic E-state index is 0.165.